The smallest absolute Gasteiger partial charge is 0.247 e. The van der Waals surface area contributed by atoms with Crippen molar-refractivity contribution in [3.8, 4) is 28.6 Å². The van der Waals surface area contributed by atoms with Crippen LogP contribution in [0.15, 0.2) is 58.1 Å². The predicted octanol–water partition coefficient (Wildman–Crippen LogP) is 4.97. The van der Waals surface area contributed by atoms with Crippen molar-refractivity contribution in [2.45, 2.75) is 24.4 Å². The molecule has 2 heterocycles. The summed E-state index contributed by atoms with van der Waals surface area (Å²) in [5.74, 6) is 2.91. The molecule has 0 radical (unpaired) electrons. The van der Waals surface area contributed by atoms with Crippen LogP contribution in [0.4, 0.5) is 0 Å². The highest BCUT2D eigenvalue weighted by Gasteiger charge is 2.18. The zero-order chi connectivity index (χ0) is 20.2. The number of hydrogen-bond acceptors (Lipinski definition) is 7. The van der Waals surface area contributed by atoms with Gasteiger partial charge in [-0.25, -0.2) is 0 Å². The molecule has 0 bridgehead atoms. The van der Waals surface area contributed by atoms with Gasteiger partial charge in [0.15, 0.2) is 11.0 Å². The highest BCUT2D eigenvalue weighted by Crippen LogP contribution is 2.34. The number of nitrogens with zero attached hydrogens (tertiary/aromatic N) is 5. The van der Waals surface area contributed by atoms with Crippen molar-refractivity contribution < 1.29 is 9.15 Å². The predicted molar refractivity (Wildman–Crippen MR) is 112 cm³/mol. The minimum atomic E-state index is 0.491. The molecule has 0 aliphatic carbocycles. The van der Waals surface area contributed by atoms with Gasteiger partial charge in [-0.2, -0.15) is 0 Å². The van der Waals surface area contributed by atoms with Crippen LogP contribution in [0.2, 0.25) is 5.02 Å². The van der Waals surface area contributed by atoms with Gasteiger partial charge in [0.05, 0.1) is 18.4 Å². The zero-order valence-electron chi connectivity index (χ0n) is 15.9. The summed E-state index contributed by atoms with van der Waals surface area (Å²) in [6, 6.07) is 15.1. The number of ether oxygens (including phenoxy) is 1. The van der Waals surface area contributed by atoms with Gasteiger partial charge in [0.25, 0.3) is 0 Å². The molecule has 9 heteroatoms. The summed E-state index contributed by atoms with van der Waals surface area (Å²) in [6.07, 6.45) is 0. The Labute approximate surface area is 177 Å². The first-order valence-electron chi connectivity index (χ1n) is 8.97. The summed E-state index contributed by atoms with van der Waals surface area (Å²) in [5, 5.41) is 18.3. The number of benzene rings is 2. The van der Waals surface area contributed by atoms with Crippen molar-refractivity contribution in [3.63, 3.8) is 0 Å². The number of halogens is 1. The van der Waals surface area contributed by atoms with E-state index in [4.69, 9.17) is 20.8 Å². The fraction of sp³-hybridized carbons (Fsp3) is 0.200. The Morgan fingerprint density at radius 3 is 2.66 bits per heavy atom. The van der Waals surface area contributed by atoms with E-state index in [2.05, 4.69) is 20.4 Å². The van der Waals surface area contributed by atoms with E-state index in [0.29, 0.717) is 40.7 Å². The number of thioether (sulfide) groups is 1. The van der Waals surface area contributed by atoms with Gasteiger partial charge in [0.1, 0.15) is 5.75 Å². The summed E-state index contributed by atoms with van der Waals surface area (Å²) in [7, 11) is 1.62. The van der Waals surface area contributed by atoms with E-state index in [0.717, 1.165) is 16.3 Å². The van der Waals surface area contributed by atoms with E-state index < -0.39 is 0 Å². The summed E-state index contributed by atoms with van der Waals surface area (Å²) in [5.41, 5.74) is 1.69. The average Bonchev–Trinajstić information content (AvgIpc) is 3.39. The summed E-state index contributed by atoms with van der Waals surface area (Å²) in [4.78, 5) is 0. The van der Waals surface area contributed by atoms with Crippen LogP contribution in [0.25, 0.3) is 22.8 Å². The van der Waals surface area contributed by atoms with Crippen LogP contribution in [-0.4, -0.2) is 32.1 Å². The molecule has 2 aromatic heterocycles. The number of aromatic nitrogens is 5. The zero-order valence-corrected chi connectivity index (χ0v) is 17.4. The molecule has 0 amide bonds. The van der Waals surface area contributed by atoms with Crippen molar-refractivity contribution in [1.29, 1.82) is 0 Å². The third-order valence-electron chi connectivity index (χ3n) is 4.25. The lowest BCUT2D eigenvalue weighted by molar-refractivity contribution is 0.416. The Bertz CT molecular complexity index is 1110. The van der Waals surface area contributed by atoms with Crippen molar-refractivity contribution >= 4 is 23.4 Å². The maximum absolute atomic E-state index is 6.17. The van der Waals surface area contributed by atoms with Crippen LogP contribution in [0.3, 0.4) is 0 Å². The molecule has 0 atom stereocenters. The lowest BCUT2D eigenvalue weighted by Crippen LogP contribution is -2.01. The fourth-order valence-corrected chi connectivity index (χ4v) is 3.88. The lowest BCUT2D eigenvalue weighted by atomic mass is 10.2. The molecule has 7 nitrogen and oxygen atoms in total. The Balaban J connectivity index is 1.55. The largest absolute Gasteiger partial charge is 0.496 e. The van der Waals surface area contributed by atoms with Crippen LogP contribution >= 0.6 is 23.4 Å². The lowest BCUT2D eigenvalue weighted by Gasteiger charge is -2.10. The van der Waals surface area contributed by atoms with Crippen LogP contribution in [0.5, 0.6) is 5.75 Å². The highest BCUT2D eigenvalue weighted by atomic mass is 35.5. The van der Waals surface area contributed by atoms with Gasteiger partial charge in [-0.05, 0) is 37.3 Å². The first-order valence-corrected chi connectivity index (χ1v) is 10.3. The summed E-state index contributed by atoms with van der Waals surface area (Å²) >= 11 is 7.66. The van der Waals surface area contributed by atoms with E-state index in [-0.39, 0.29) is 0 Å². The molecule has 0 fully saturated rings. The molecule has 0 aliphatic rings. The molecule has 4 aromatic rings. The second kappa shape index (κ2) is 8.67. The summed E-state index contributed by atoms with van der Waals surface area (Å²) in [6.45, 7) is 2.73. The molecule has 0 unspecified atom stereocenters. The van der Waals surface area contributed by atoms with Gasteiger partial charge in [0, 0.05) is 17.1 Å². The molecule has 2 aromatic carbocycles. The van der Waals surface area contributed by atoms with Crippen molar-refractivity contribution in [2.24, 2.45) is 0 Å². The molecule has 0 saturated carbocycles. The molecular formula is C20H18ClN5O2S. The van der Waals surface area contributed by atoms with Gasteiger partial charge in [-0.15, -0.1) is 20.4 Å². The SMILES string of the molecule is CCn1c(SCc2nnc(-c3ccccc3)o2)nnc1-c1cc(Cl)ccc1OC. The van der Waals surface area contributed by atoms with Crippen LogP contribution < -0.4 is 4.74 Å². The number of rotatable bonds is 7. The molecule has 4 rings (SSSR count). The monoisotopic (exact) mass is 427 g/mol. The quantitative estimate of drug-likeness (QED) is 0.385. The first-order chi connectivity index (χ1) is 14.2. The maximum Gasteiger partial charge on any atom is 0.247 e. The van der Waals surface area contributed by atoms with Crippen LogP contribution in [-0.2, 0) is 12.3 Å². The number of methoxy groups -OCH3 is 1. The van der Waals surface area contributed by atoms with Gasteiger partial charge in [-0.1, -0.05) is 41.6 Å². The van der Waals surface area contributed by atoms with Crippen LogP contribution in [0.1, 0.15) is 12.8 Å². The van der Waals surface area contributed by atoms with E-state index in [1.165, 1.54) is 11.8 Å². The van der Waals surface area contributed by atoms with Crippen molar-refractivity contribution in [3.05, 3.63) is 59.4 Å². The fourth-order valence-electron chi connectivity index (χ4n) is 2.87. The maximum atomic E-state index is 6.17. The van der Waals surface area contributed by atoms with Crippen molar-refractivity contribution in [1.82, 2.24) is 25.0 Å². The van der Waals surface area contributed by atoms with E-state index in [9.17, 15) is 0 Å². The minimum Gasteiger partial charge on any atom is -0.496 e. The molecule has 0 aliphatic heterocycles. The highest BCUT2D eigenvalue weighted by molar-refractivity contribution is 7.98. The van der Waals surface area contributed by atoms with E-state index in [1.54, 1.807) is 13.2 Å². The standard InChI is InChI=1S/C20H18ClN5O2S/c1-3-26-18(15-11-14(21)9-10-16(15)27-2)23-25-20(26)29-12-17-22-24-19(28-17)13-7-5-4-6-8-13/h4-11H,3,12H2,1-2H3. The Hall–Kier alpha value is -2.84. The second-order valence-corrected chi connectivity index (χ2v) is 7.43. The van der Waals surface area contributed by atoms with Gasteiger partial charge in [0.2, 0.25) is 11.8 Å². The Morgan fingerprint density at radius 2 is 1.90 bits per heavy atom. The van der Waals surface area contributed by atoms with E-state index in [1.807, 2.05) is 54.0 Å². The van der Waals surface area contributed by atoms with E-state index >= 15 is 0 Å². The molecule has 29 heavy (non-hydrogen) atoms. The molecular weight excluding hydrogens is 410 g/mol. The summed E-state index contributed by atoms with van der Waals surface area (Å²) < 4.78 is 13.2. The van der Waals surface area contributed by atoms with Crippen LogP contribution in [0, 0.1) is 0 Å². The Morgan fingerprint density at radius 1 is 1.07 bits per heavy atom. The van der Waals surface area contributed by atoms with Gasteiger partial charge < -0.3 is 13.7 Å². The number of hydrogen-bond donors (Lipinski definition) is 0. The average molecular weight is 428 g/mol. The van der Waals surface area contributed by atoms with Gasteiger partial charge >= 0.3 is 0 Å². The molecule has 148 valence electrons. The van der Waals surface area contributed by atoms with Crippen molar-refractivity contribution in [2.75, 3.05) is 7.11 Å². The molecule has 0 spiro atoms. The third-order valence-corrected chi connectivity index (χ3v) is 5.43. The Kier molecular flexibility index (Phi) is 5.82. The molecule has 0 N–H and O–H groups in total. The molecule has 0 saturated heterocycles. The minimum absolute atomic E-state index is 0.491. The topological polar surface area (TPSA) is 78.9 Å². The van der Waals surface area contributed by atoms with Gasteiger partial charge in [-0.3, -0.25) is 0 Å². The third kappa shape index (κ3) is 4.13. The first kappa shape index (κ1) is 19.5. The normalized spacial score (nSPS) is 11.0. The second-order valence-electron chi connectivity index (χ2n) is 6.05.